The second kappa shape index (κ2) is 7.66. The van der Waals surface area contributed by atoms with E-state index in [1.807, 2.05) is 6.07 Å². The van der Waals surface area contributed by atoms with E-state index in [0.717, 1.165) is 24.1 Å². The van der Waals surface area contributed by atoms with Gasteiger partial charge in [0, 0.05) is 35.9 Å². The van der Waals surface area contributed by atoms with E-state index in [4.69, 9.17) is 4.42 Å². The van der Waals surface area contributed by atoms with E-state index in [-0.39, 0.29) is 0 Å². The molecule has 2 rings (SSSR count). The molecule has 0 bridgehead atoms. The van der Waals surface area contributed by atoms with Crippen LogP contribution in [0.3, 0.4) is 0 Å². The number of hydrogen-bond acceptors (Lipinski definition) is 3. The number of hydrogen-bond donors (Lipinski definition) is 1. The van der Waals surface area contributed by atoms with Crippen molar-refractivity contribution in [3.63, 3.8) is 0 Å². The van der Waals surface area contributed by atoms with Crippen molar-refractivity contribution in [1.82, 2.24) is 5.32 Å². The Bertz CT molecular complexity index is 552. The van der Waals surface area contributed by atoms with Crippen LogP contribution in [-0.4, -0.2) is 13.6 Å². The molecule has 0 radical (unpaired) electrons. The lowest BCUT2D eigenvalue weighted by Gasteiger charge is -2.22. The Hall–Kier alpha value is -1.26. The highest BCUT2D eigenvalue weighted by Gasteiger charge is 2.09. The molecule has 114 valence electrons. The van der Waals surface area contributed by atoms with Gasteiger partial charge in [-0.2, -0.15) is 0 Å². The van der Waals surface area contributed by atoms with Gasteiger partial charge in [-0.05, 0) is 42.3 Å². The van der Waals surface area contributed by atoms with Crippen LogP contribution in [0.4, 0.5) is 5.69 Å². The third-order valence-electron chi connectivity index (χ3n) is 3.32. The smallest absolute Gasteiger partial charge is 0.0952 e. The van der Waals surface area contributed by atoms with Crippen LogP contribution in [0.5, 0.6) is 0 Å². The molecule has 0 aliphatic carbocycles. The van der Waals surface area contributed by atoms with E-state index < -0.39 is 0 Å². The number of anilines is 1. The molecule has 0 amide bonds. The molecule has 0 unspecified atom stereocenters. The fourth-order valence-electron chi connectivity index (χ4n) is 2.31. The summed E-state index contributed by atoms with van der Waals surface area (Å²) in [6, 6.07) is 8.45. The van der Waals surface area contributed by atoms with Gasteiger partial charge >= 0.3 is 0 Å². The third-order valence-corrected chi connectivity index (χ3v) is 3.81. The van der Waals surface area contributed by atoms with E-state index in [1.165, 1.54) is 16.8 Å². The Labute approximate surface area is 135 Å². The highest BCUT2D eigenvalue weighted by atomic mass is 79.9. The van der Waals surface area contributed by atoms with Gasteiger partial charge in [-0.3, -0.25) is 0 Å². The Morgan fingerprint density at radius 2 is 2.10 bits per heavy atom. The van der Waals surface area contributed by atoms with Gasteiger partial charge in [0.2, 0.25) is 0 Å². The van der Waals surface area contributed by atoms with Gasteiger partial charge in [0.15, 0.2) is 0 Å². The van der Waals surface area contributed by atoms with E-state index in [1.54, 1.807) is 12.5 Å². The Kier molecular flexibility index (Phi) is 5.88. The van der Waals surface area contributed by atoms with Crippen molar-refractivity contribution < 1.29 is 4.42 Å². The van der Waals surface area contributed by atoms with Gasteiger partial charge in [0.05, 0.1) is 12.5 Å². The average Bonchev–Trinajstić information content (AvgIpc) is 2.91. The van der Waals surface area contributed by atoms with Crippen LogP contribution in [0, 0.1) is 5.92 Å². The summed E-state index contributed by atoms with van der Waals surface area (Å²) in [6.07, 6.45) is 3.52. The predicted octanol–water partition coefficient (Wildman–Crippen LogP) is 4.42. The van der Waals surface area contributed by atoms with Gasteiger partial charge in [0.1, 0.15) is 0 Å². The summed E-state index contributed by atoms with van der Waals surface area (Å²) in [7, 11) is 2.11. The largest absolute Gasteiger partial charge is 0.472 e. The zero-order valence-electron chi connectivity index (χ0n) is 12.9. The van der Waals surface area contributed by atoms with E-state index in [0.29, 0.717) is 5.92 Å². The number of nitrogens with one attached hydrogen (secondary N) is 1. The highest BCUT2D eigenvalue weighted by molar-refractivity contribution is 9.10. The molecule has 0 aliphatic rings. The number of nitrogens with zero attached hydrogens (tertiary/aromatic N) is 1. The van der Waals surface area contributed by atoms with Crippen molar-refractivity contribution in [2.75, 3.05) is 18.5 Å². The molecule has 1 aromatic heterocycles. The summed E-state index contributed by atoms with van der Waals surface area (Å²) in [5.41, 5.74) is 3.73. The highest BCUT2D eigenvalue weighted by Crippen LogP contribution is 2.25. The standard InChI is InChI=1S/C17H23BrN2O/c1-13(2)9-19-10-15-8-16(18)4-5-17(15)20(3)11-14-6-7-21-12-14/h4-8,12-13,19H,9-11H2,1-3H3. The van der Waals surface area contributed by atoms with E-state index in [2.05, 4.69) is 65.2 Å². The van der Waals surface area contributed by atoms with Crippen molar-refractivity contribution in [1.29, 1.82) is 0 Å². The van der Waals surface area contributed by atoms with Crippen molar-refractivity contribution in [2.24, 2.45) is 5.92 Å². The first-order valence-electron chi connectivity index (χ1n) is 7.27. The molecule has 1 N–H and O–H groups in total. The second-order valence-electron chi connectivity index (χ2n) is 5.79. The minimum atomic E-state index is 0.657. The summed E-state index contributed by atoms with van der Waals surface area (Å²) < 4.78 is 6.26. The lowest BCUT2D eigenvalue weighted by Crippen LogP contribution is -2.22. The van der Waals surface area contributed by atoms with E-state index >= 15 is 0 Å². The van der Waals surface area contributed by atoms with Crippen LogP contribution in [-0.2, 0) is 13.1 Å². The molecule has 1 heterocycles. The lowest BCUT2D eigenvalue weighted by molar-refractivity contribution is 0.552. The molecule has 2 aromatic rings. The number of rotatable bonds is 7. The molecule has 0 saturated carbocycles. The van der Waals surface area contributed by atoms with Gasteiger partial charge in [-0.25, -0.2) is 0 Å². The van der Waals surface area contributed by atoms with E-state index in [9.17, 15) is 0 Å². The van der Waals surface area contributed by atoms with Gasteiger partial charge in [-0.1, -0.05) is 29.8 Å². The average molecular weight is 351 g/mol. The van der Waals surface area contributed by atoms with Crippen LogP contribution >= 0.6 is 15.9 Å². The Balaban J connectivity index is 2.09. The minimum absolute atomic E-state index is 0.657. The minimum Gasteiger partial charge on any atom is -0.472 e. The van der Waals surface area contributed by atoms with Crippen LogP contribution in [0.1, 0.15) is 25.0 Å². The summed E-state index contributed by atoms with van der Waals surface area (Å²) in [6.45, 7) is 7.19. The number of halogens is 1. The molecule has 0 aliphatic heterocycles. The predicted molar refractivity (Wildman–Crippen MR) is 91.5 cm³/mol. The molecule has 3 nitrogen and oxygen atoms in total. The lowest BCUT2D eigenvalue weighted by atomic mass is 10.1. The molecule has 21 heavy (non-hydrogen) atoms. The molecule has 0 atom stereocenters. The maximum absolute atomic E-state index is 5.15. The third kappa shape index (κ3) is 4.90. The molecule has 4 heteroatoms. The molecule has 0 spiro atoms. The number of furan rings is 1. The van der Waals surface area contributed by atoms with Crippen LogP contribution in [0.25, 0.3) is 0 Å². The topological polar surface area (TPSA) is 28.4 Å². The Morgan fingerprint density at radius 1 is 1.29 bits per heavy atom. The van der Waals surface area contributed by atoms with Crippen molar-refractivity contribution in [2.45, 2.75) is 26.9 Å². The Morgan fingerprint density at radius 3 is 2.76 bits per heavy atom. The van der Waals surface area contributed by atoms with Crippen molar-refractivity contribution in [3.8, 4) is 0 Å². The molecule has 1 aromatic carbocycles. The summed E-state index contributed by atoms with van der Waals surface area (Å²) >= 11 is 3.57. The zero-order valence-corrected chi connectivity index (χ0v) is 14.5. The van der Waals surface area contributed by atoms with Crippen molar-refractivity contribution >= 4 is 21.6 Å². The molecular formula is C17H23BrN2O. The maximum atomic E-state index is 5.15. The van der Waals surface area contributed by atoms with Crippen LogP contribution in [0.15, 0.2) is 45.7 Å². The second-order valence-corrected chi connectivity index (χ2v) is 6.70. The van der Waals surface area contributed by atoms with Crippen LogP contribution < -0.4 is 10.2 Å². The first-order valence-corrected chi connectivity index (χ1v) is 8.07. The molecular weight excluding hydrogens is 328 g/mol. The van der Waals surface area contributed by atoms with Crippen LogP contribution in [0.2, 0.25) is 0 Å². The fraction of sp³-hybridized carbons (Fsp3) is 0.412. The number of benzene rings is 1. The maximum Gasteiger partial charge on any atom is 0.0952 e. The zero-order chi connectivity index (χ0) is 15.2. The van der Waals surface area contributed by atoms with Gasteiger partial charge in [0.25, 0.3) is 0 Å². The molecule has 0 saturated heterocycles. The van der Waals surface area contributed by atoms with Crippen molar-refractivity contribution in [3.05, 3.63) is 52.4 Å². The van der Waals surface area contributed by atoms with Gasteiger partial charge in [-0.15, -0.1) is 0 Å². The monoisotopic (exact) mass is 350 g/mol. The SMILES string of the molecule is CC(C)CNCc1cc(Br)ccc1N(C)Cc1ccoc1. The molecule has 0 fully saturated rings. The summed E-state index contributed by atoms with van der Waals surface area (Å²) in [5.74, 6) is 0.657. The summed E-state index contributed by atoms with van der Waals surface area (Å²) in [4.78, 5) is 2.25. The van der Waals surface area contributed by atoms with Gasteiger partial charge < -0.3 is 14.6 Å². The summed E-state index contributed by atoms with van der Waals surface area (Å²) in [5, 5.41) is 3.52. The normalized spacial score (nSPS) is 11.1. The fourth-order valence-corrected chi connectivity index (χ4v) is 2.71. The first-order chi connectivity index (χ1) is 10.1. The quantitative estimate of drug-likeness (QED) is 0.800. The first kappa shape index (κ1) is 16.1.